The lowest BCUT2D eigenvalue weighted by Gasteiger charge is -2.35. The predicted molar refractivity (Wildman–Crippen MR) is 110 cm³/mol. The topological polar surface area (TPSA) is 53.0 Å². The summed E-state index contributed by atoms with van der Waals surface area (Å²) in [4.78, 5) is 16.9. The van der Waals surface area contributed by atoms with Gasteiger partial charge in [0.25, 0.3) is 5.91 Å². The summed E-state index contributed by atoms with van der Waals surface area (Å²) in [7, 11) is 1.65. The molecule has 2 aromatic carbocycles. The molecule has 7 heteroatoms. The number of piperazine rings is 1. The minimum Gasteiger partial charge on any atom is -0.506 e. The molecule has 0 radical (unpaired) electrons. The van der Waals surface area contributed by atoms with Crippen LogP contribution in [0.15, 0.2) is 34.8 Å². The van der Waals surface area contributed by atoms with Crippen LogP contribution < -0.4 is 4.74 Å². The summed E-state index contributed by atoms with van der Waals surface area (Å²) in [6.45, 7) is 5.31. The van der Waals surface area contributed by atoms with Gasteiger partial charge in [0.15, 0.2) is 0 Å². The molecule has 1 aliphatic rings. The van der Waals surface area contributed by atoms with Gasteiger partial charge >= 0.3 is 0 Å². The highest BCUT2D eigenvalue weighted by Crippen LogP contribution is 2.30. The van der Waals surface area contributed by atoms with Crippen LogP contribution in [0.3, 0.4) is 0 Å². The fraction of sp³-hybridized carbons (Fsp3) is 0.350. The van der Waals surface area contributed by atoms with Crippen molar-refractivity contribution < 1.29 is 14.6 Å². The van der Waals surface area contributed by atoms with Crippen molar-refractivity contribution in [1.82, 2.24) is 9.80 Å². The van der Waals surface area contributed by atoms with E-state index in [1.807, 2.05) is 25.1 Å². The molecule has 0 aromatic heterocycles. The molecule has 1 heterocycles. The van der Waals surface area contributed by atoms with E-state index < -0.39 is 0 Å². The first-order chi connectivity index (χ1) is 12.9. The quantitative estimate of drug-likeness (QED) is 0.758. The predicted octanol–water partition coefficient (Wildman–Crippen LogP) is 4.08. The minimum atomic E-state index is -0.142. The fourth-order valence-electron chi connectivity index (χ4n) is 3.29. The van der Waals surface area contributed by atoms with Gasteiger partial charge in [-0.05, 0) is 58.7 Å². The Morgan fingerprint density at radius 2 is 1.93 bits per heavy atom. The molecule has 1 saturated heterocycles. The maximum atomic E-state index is 12.8. The summed E-state index contributed by atoms with van der Waals surface area (Å²) >= 11 is 9.41. The largest absolute Gasteiger partial charge is 0.506 e. The van der Waals surface area contributed by atoms with Crippen LogP contribution in [0.25, 0.3) is 0 Å². The van der Waals surface area contributed by atoms with Crippen molar-refractivity contribution in [3.05, 3.63) is 56.5 Å². The van der Waals surface area contributed by atoms with E-state index in [4.69, 9.17) is 16.3 Å². The Morgan fingerprint density at radius 1 is 1.22 bits per heavy atom. The van der Waals surface area contributed by atoms with Gasteiger partial charge in [0, 0.05) is 43.3 Å². The molecule has 0 atom stereocenters. The van der Waals surface area contributed by atoms with Crippen molar-refractivity contribution in [1.29, 1.82) is 0 Å². The number of ether oxygens (including phenoxy) is 1. The van der Waals surface area contributed by atoms with Crippen molar-refractivity contribution in [2.24, 2.45) is 0 Å². The molecule has 1 amide bonds. The summed E-state index contributed by atoms with van der Waals surface area (Å²) in [5.74, 6) is 0.668. The second kappa shape index (κ2) is 8.50. The second-order valence-electron chi connectivity index (χ2n) is 6.67. The average molecular weight is 454 g/mol. The maximum absolute atomic E-state index is 12.8. The number of amides is 1. The van der Waals surface area contributed by atoms with Gasteiger partial charge in [-0.25, -0.2) is 0 Å². The molecule has 0 unspecified atom stereocenters. The van der Waals surface area contributed by atoms with E-state index in [9.17, 15) is 9.90 Å². The van der Waals surface area contributed by atoms with Crippen LogP contribution in [-0.4, -0.2) is 54.1 Å². The highest BCUT2D eigenvalue weighted by Gasteiger charge is 2.25. The summed E-state index contributed by atoms with van der Waals surface area (Å²) in [6, 6.07) is 9.12. The number of hydrogen-bond donors (Lipinski definition) is 1. The molecule has 0 saturated carbocycles. The van der Waals surface area contributed by atoms with Crippen LogP contribution in [-0.2, 0) is 6.54 Å². The maximum Gasteiger partial charge on any atom is 0.257 e. The highest BCUT2D eigenvalue weighted by atomic mass is 79.9. The molecule has 144 valence electrons. The smallest absolute Gasteiger partial charge is 0.257 e. The first kappa shape index (κ1) is 20.0. The van der Waals surface area contributed by atoms with E-state index in [1.165, 1.54) is 0 Å². The number of nitrogens with zero attached hydrogens (tertiary/aromatic N) is 2. The monoisotopic (exact) mass is 452 g/mol. The third-order valence-corrected chi connectivity index (χ3v) is 5.57. The number of rotatable bonds is 4. The van der Waals surface area contributed by atoms with E-state index in [2.05, 4.69) is 20.8 Å². The molecule has 0 bridgehead atoms. The van der Waals surface area contributed by atoms with Crippen molar-refractivity contribution in [3.8, 4) is 11.5 Å². The lowest BCUT2D eigenvalue weighted by molar-refractivity contribution is 0.0624. The number of methoxy groups -OCH3 is 1. The number of phenols is 1. The van der Waals surface area contributed by atoms with Crippen molar-refractivity contribution in [3.63, 3.8) is 0 Å². The van der Waals surface area contributed by atoms with Gasteiger partial charge in [-0.3, -0.25) is 9.69 Å². The first-order valence-electron chi connectivity index (χ1n) is 8.72. The number of carbonyl (C=O) groups excluding carboxylic acids is 1. The van der Waals surface area contributed by atoms with Crippen molar-refractivity contribution in [2.45, 2.75) is 13.5 Å². The Bertz CT molecular complexity index is 851. The number of carbonyl (C=O) groups is 1. The van der Waals surface area contributed by atoms with Crippen LogP contribution in [0.1, 0.15) is 21.5 Å². The SMILES string of the molecule is COc1ccc(Cl)cc1CN1CCN(C(=O)c2cc(C)cc(Br)c2O)CC1. The lowest BCUT2D eigenvalue weighted by Crippen LogP contribution is -2.48. The van der Waals surface area contributed by atoms with Gasteiger partial charge in [-0.1, -0.05) is 11.6 Å². The Balaban J connectivity index is 1.66. The van der Waals surface area contributed by atoms with Crippen LogP contribution in [0.5, 0.6) is 11.5 Å². The van der Waals surface area contributed by atoms with Crippen molar-refractivity contribution >= 4 is 33.4 Å². The van der Waals surface area contributed by atoms with E-state index in [0.29, 0.717) is 34.7 Å². The number of benzene rings is 2. The molecule has 5 nitrogen and oxygen atoms in total. The molecule has 27 heavy (non-hydrogen) atoms. The average Bonchev–Trinajstić information content (AvgIpc) is 2.65. The van der Waals surface area contributed by atoms with E-state index in [0.717, 1.165) is 30.0 Å². The Labute approximate surface area is 172 Å². The van der Waals surface area contributed by atoms with E-state index in [-0.39, 0.29) is 11.7 Å². The zero-order valence-corrected chi connectivity index (χ0v) is 17.7. The zero-order valence-electron chi connectivity index (χ0n) is 15.3. The number of hydrogen-bond acceptors (Lipinski definition) is 4. The molecule has 0 aliphatic carbocycles. The summed E-state index contributed by atoms with van der Waals surface area (Å²) in [6.07, 6.45) is 0. The normalized spacial score (nSPS) is 15.0. The van der Waals surface area contributed by atoms with Crippen LogP contribution in [0, 0.1) is 6.92 Å². The van der Waals surface area contributed by atoms with Gasteiger partial charge in [-0.2, -0.15) is 0 Å². The Morgan fingerprint density at radius 3 is 2.59 bits per heavy atom. The van der Waals surface area contributed by atoms with Gasteiger partial charge < -0.3 is 14.7 Å². The second-order valence-corrected chi connectivity index (χ2v) is 7.96. The van der Waals surface area contributed by atoms with Gasteiger partial charge in [0.2, 0.25) is 0 Å². The molecular weight excluding hydrogens is 432 g/mol. The third-order valence-electron chi connectivity index (χ3n) is 4.73. The molecular formula is C20H22BrClN2O3. The first-order valence-corrected chi connectivity index (χ1v) is 9.89. The van der Waals surface area contributed by atoms with Crippen LogP contribution in [0.2, 0.25) is 5.02 Å². The molecule has 3 rings (SSSR count). The summed E-state index contributed by atoms with van der Waals surface area (Å²) < 4.78 is 5.95. The molecule has 1 N–H and O–H groups in total. The molecule has 0 spiro atoms. The lowest BCUT2D eigenvalue weighted by atomic mass is 10.1. The van der Waals surface area contributed by atoms with Crippen LogP contribution >= 0.6 is 27.5 Å². The molecule has 2 aromatic rings. The Kier molecular flexibility index (Phi) is 6.29. The molecule has 1 aliphatic heterocycles. The van der Waals surface area contributed by atoms with Crippen LogP contribution in [0.4, 0.5) is 0 Å². The van der Waals surface area contributed by atoms with Crippen molar-refractivity contribution in [2.75, 3.05) is 33.3 Å². The Hall–Kier alpha value is -1.76. The number of phenolic OH excluding ortho intramolecular Hbond substituents is 1. The molecule has 1 fully saturated rings. The number of aryl methyl sites for hydroxylation is 1. The summed E-state index contributed by atoms with van der Waals surface area (Å²) in [5.41, 5.74) is 2.30. The highest BCUT2D eigenvalue weighted by molar-refractivity contribution is 9.10. The standard InChI is InChI=1S/C20H22BrClN2O3/c1-13-9-16(19(25)17(21)10-13)20(26)24-7-5-23(6-8-24)12-14-11-15(22)3-4-18(14)27-2/h3-4,9-11,25H,5-8,12H2,1-2H3. The number of aromatic hydroxyl groups is 1. The van der Waals surface area contributed by atoms with Gasteiger partial charge in [0.1, 0.15) is 11.5 Å². The third kappa shape index (κ3) is 4.57. The van der Waals surface area contributed by atoms with Gasteiger partial charge in [-0.15, -0.1) is 0 Å². The van der Waals surface area contributed by atoms with E-state index in [1.54, 1.807) is 24.1 Å². The number of halogens is 2. The zero-order chi connectivity index (χ0) is 19.6. The van der Waals surface area contributed by atoms with E-state index >= 15 is 0 Å². The minimum absolute atomic E-state index is 0.00306. The fourth-order valence-corrected chi connectivity index (χ4v) is 4.06. The summed E-state index contributed by atoms with van der Waals surface area (Å²) in [5, 5.41) is 10.9. The van der Waals surface area contributed by atoms with Gasteiger partial charge in [0.05, 0.1) is 17.1 Å².